The van der Waals surface area contributed by atoms with E-state index in [0.717, 1.165) is 5.56 Å². The first-order valence-corrected chi connectivity index (χ1v) is 7.04. The van der Waals surface area contributed by atoms with Crippen LogP contribution in [0.4, 0.5) is 11.7 Å². The summed E-state index contributed by atoms with van der Waals surface area (Å²) >= 11 is 0. The molecule has 1 aliphatic rings. The number of aliphatic imine (C=N–C) groups is 1. The maximum atomic E-state index is 11.4. The minimum absolute atomic E-state index is 0.0795. The average molecular weight is 313 g/mol. The highest BCUT2D eigenvalue weighted by Crippen LogP contribution is 2.38. The van der Waals surface area contributed by atoms with Gasteiger partial charge in [-0.15, -0.1) is 0 Å². The van der Waals surface area contributed by atoms with Crippen molar-refractivity contribution in [1.82, 2.24) is 4.98 Å². The van der Waals surface area contributed by atoms with Crippen molar-refractivity contribution in [2.75, 3.05) is 18.5 Å². The highest BCUT2D eigenvalue weighted by atomic mass is 16.4. The molecule has 1 aliphatic heterocycles. The van der Waals surface area contributed by atoms with Crippen LogP contribution >= 0.6 is 0 Å². The van der Waals surface area contributed by atoms with E-state index in [-0.39, 0.29) is 17.2 Å². The summed E-state index contributed by atoms with van der Waals surface area (Å²) in [7, 11) is 1.69. The van der Waals surface area contributed by atoms with Gasteiger partial charge in [0.05, 0.1) is 0 Å². The molecule has 0 saturated heterocycles. The number of aromatic carboxylic acids is 1. The molecule has 118 valence electrons. The maximum absolute atomic E-state index is 11.4. The van der Waals surface area contributed by atoms with Crippen LogP contribution in [0.1, 0.15) is 28.6 Å². The topological polar surface area (TPSA) is 99.2 Å². The van der Waals surface area contributed by atoms with Gasteiger partial charge in [-0.25, -0.2) is 14.8 Å². The number of allylic oxidation sites excluding steroid dienone is 1. The fraction of sp³-hybridized carbons (Fsp3) is 0.188. The fourth-order valence-electron chi connectivity index (χ4n) is 2.31. The largest absolute Gasteiger partial charge is 0.504 e. The lowest BCUT2D eigenvalue weighted by Gasteiger charge is -2.13. The van der Waals surface area contributed by atoms with Crippen LogP contribution in [0.3, 0.4) is 0 Å². The smallest absolute Gasteiger partial charge is 0.345 e. The number of fused-ring (bicyclic) bond motifs is 1. The van der Waals surface area contributed by atoms with Crippen LogP contribution in [0.2, 0.25) is 0 Å². The molecule has 7 nitrogen and oxygen atoms in total. The van der Waals surface area contributed by atoms with Crippen molar-refractivity contribution in [3.63, 3.8) is 0 Å². The molecule has 0 spiro atoms. The van der Waals surface area contributed by atoms with Crippen LogP contribution in [-0.2, 0) is 0 Å². The molecular weight excluding hydrogens is 298 g/mol. The summed E-state index contributed by atoms with van der Waals surface area (Å²) in [5, 5.41) is 19.5. The number of carboxylic acids is 1. The van der Waals surface area contributed by atoms with Crippen LogP contribution in [0.15, 0.2) is 27.7 Å². The van der Waals surface area contributed by atoms with Gasteiger partial charge in [0.2, 0.25) is 5.88 Å². The van der Waals surface area contributed by atoms with Crippen LogP contribution in [0.5, 0.6) is 5.75 Å². The van der Waals surface area contributed by atoms with E-state index < -0.39 is 11.7 Å². The van der Waals surface area contributed by atoms with E-state index in [1.807, 2.05) is 13.0 Å². The minimum Gasteiger partial charge on any atom is -0.504 e. The highest BCUT2D eigenvalue weighted by Gasteiger charge is 2.27. The number of aromatic nitrogens is 1. The van der Waals surface area contributed by atoms with Crippen molar-refractivity contribution < 1.29 is 19.4 Å². The number of carboxylic acid groups (broad SMARTS) is 1. The predicted octanol–water partition coefficient (Wildman–Crippen LogP) is 2.79. The Morgan fingerprint density at radius 3 is 2.96 bits per heavy atom. The first-order chi connectivity index (χ1) is 11.0. The van der Waals surface area contributed by atoms with E-state index in [0.29, 0.717) is 17.9 Å². The first kappa shape index (κ1) is 14.8. The molecule has 0 radical (unpaired) electrons. The summed E-state index contributed by atoms with van der Waals surface area (Å²) in [6.07, 6.45) is 4.80. The molecule has 23 heavy (non-hydrogen) atoms. The van der Waals surface area contributed by atoms with Crippen molar-refractivity contribution in [3.05, 3.63) is 35.2 Å². The molecule has 0 saturated carbocycles. The fourth-order valence-corrected chi connectivity index (χ4v) is 2.31. The Morgan fingerprint density at radius 2 is 2.26 bits per heavy atom. The molecule has 0 amide bonds. The monoisotopic (exact) mass is 313 g/mol. The number of pyridine rings is 1. The lowest BCUT2D eigenvalue weighted by atomic mass is 10.1. The molecule has 3 rings (SSSR count). The lowest BCUT2D eigenvalue weighted by molar-refractivity contribution is 0.0694. The average Bonchev–Trinajstić information content (AvgIpc) is 3.09. The van der Waals surface area contributed by atoms with Crippen molar-refractivity contribution in [2.45, 2.75) is 6.92 Å². The summed E-state index contributed by atoms with van der Waals surface area (Å²) in [5.74, 6) is -0.866. The number of anilines is 1. The number of rotatable bonds is 4. The number of carbonyl (C=O) groups is 1. The number of furan rings is 1. The molecule has 0 atom stereocenters. The summed E-state index contributed by atoms with van der Waals surface area (Å²) in [6.45, 7) is 2.40. The van der Waals surface area contributed by atoms with Gasteiger partial charge in [-0.1, -0.05) is 0 Å². The second-order valence-electron chi connectivity index (χ2n) is 5.05. The van der Waals surface area contributed by atoms with Crippen LogP contribution in [0.25, 0.3) is 11.6 Å². The van der Waals surface area contributed by atoms with Gasteiger partial charge >= 0.3 is 5.97 Å². The zero-order valence-corrected chi connectivity index (χ0v) is 12.6. The molecule has 7 heteroatoms. The Bertz CT molecular complexity index is 836. The molecule has 0 unspecified atom stereocenters. The molecule has 0 aromatic carbocycles. The van der Waals surface area contributed by atoms with E-state index in [1.54, 1.807) is 36.5 Å². The Labute approximate surface area is 132 Å². The Kier molecular flexibility index (Phi) is 3.61. The molecule has 0 aliphatic carbocycles. The predicted molar refractivity (Wildman–Crippen MR) is 86.5 cm³/mol. The van der Waals surface area contributed by atoms with Gasteiger partial charge in [0.15, 0.2) is 22.9 Å². The third-order valence-corrected chi connectivity index (χ3v) is 3.64. The summed E-state index contributed by atoms with van der Waals surface area (Å²) in [4.78, 5) is 21.3. The van der Waals surface area contributed by atoms with Gasteiger partial charge in [-0.05, 0) is 25.1 Å². The van der Waals surface area contributed by atoms with Crippen molar-refractivity contribution in [2.24, 2.45) is 4.99 Å². The van der Waals surface area contributed by atoms with Crippen LogP contribution in [-0.4, -0.2) is 41.0 Å². The third-order valence-electron chi connectivity index (χ3n) is 3.64. The normalized spacial score (nSPS) is 14.3. The third kappa shape index (κ3) is 2.46. The summed E-state index contributed by atoms with van der Waals surface area (Å²) < 4.78 is 5.57. The minimum atomic E-state index is -1.24. The standard InChI is InChI=1S/C16H15N3O4/c1-3-19(2)15-12(16(21)22)13(20)11(23-15)7-9-8-18-14-10(9)5-4-6-17-14/h4-8,20H,3H2,1-2H3,(H,21,22). The van der Waals surface area contributed by atoms with E-state index in [4.69, 9.17) is 4.42 Å². The zero-order chi connectivity index (χ0) is 16.6. The molecule has 2 N–H and O–H groups in total. The van der Waals surface area contributed by atoms with Gasteiger partial charge in [0, 0.05) is 37.1 Å². The first-order valence-electron chi connectivity index (χ1n) is 7.04. The molecule has 2 aromatic rings. The Balaban J connectivity index is 2.10. The highest BCUT2D eigenvalue weighted by molar-refractivity contribution is 6.21. The van der Waals surface area contributed by atoms with Gasteiger partial charge in [-0.2, -0.15) is 0 Å². The number of nitrogens with zero attached hydrogens (tertiary/aromatic N) is 3. The van der Waals surface area contributed by atoms with Gasteiger partial charge < -0.3 is 19.5 Å². The molecule has 0 bridgehead atoms. The van der Waals surface area contributed by atoms with Crippen molar-refractivity contribution >= 4 is 35.5 Å². The van der Waals surface area contributed by atoms with Crippen molar-refractivity contribution in [3.8, 4) is 5.75 Å². The SMILES string of the molecule is CCN(C)c1oc(C=C2C=Nc3ncccc32)c(O)c1C(=O)O. The van der Waals surface area contributed by atoms with Crippen LogP contribution < -0.4 is 4.90 Å². The van der Waals surface area contributed by atoms with E-state index in [9.17, 15) is 15.0 Å². The Morgan fingerprint density at radius 1 is 1.48 bits per heavy atom. The molecule has 0 fully saturated rings. The van der Waals surface area contributed by atoms with Gasteiger partial charge in [-0.3, -0.25) is 0 Å². The van der Waals surface area contributed by atoms with E-state index >= 15 is 0 Å². The second-order valence-corrected chi connectivity index (χ2v) is 5.05. The molecule has 3 heterocycles. The van der Waals surface area contributed by atoms with Crippen LogP contribution in [0, 0.1) is 0 Å². The maximum Gasteiger partial charge on any atom is 0.345 e. The second kappa shape index (κ2) is 5.60. The van der Waals surface area contributed by atoms with E-state index in [2.05, 4.69) is 9.98 Å². The van der Waals surface area contributed by atoms with E-state index in [1.165, 1.54) is 0 Å². The number of aromatic hydroxyl groups is 1. The number of hydrogen-bond acceptors (Lipinski definition) is 6. The lowest BCUT2D eigenvalue weighted by Crippen LogP contribution is -2.17. The van der Waals surface area contributed by atoms with Gasteiger partial charge in [0.25, 0.3) is 0 Å². The quantitative estimate of drug-likeness (QED) is 0.900. The molecule has 2 aromatic heterocycles. The summed E-state index contributed by atoms with van der Waals surface area (Å²) in [5.41, 5.74) is 1.24. The zero-order valence-electron chi connectivity index (χ0n) is 12.6. The summed E-state index contributed by atoms with van der Waals surface area (Å²) in [6, 6.07) is 3.63. The Hall–Kier alpha value is -3.09. The van der Waals surface area contributed by atoms with Crippen molar-refractivity contribution in [1.29, 1.82) is 0 Å². The molecular formula is C16H15N3O4. The van der Waals surface area contributed by atoms with Gasteiger partial charge in [0.1, 0.15) is 0 Å². The number of hydrogen-bond donors (Lipinski definition) is 2.